The van der Waals surface area contributed by atoms with E-state index in [0.29, 0.717) is 0 Å². The number of ether oxygens (including phenoxy) is 2. The van der Waals surface area contributed by atoms with E-state index >= 15 is 0 Å². The van der Waals surface area contributed by atoms with E-state index in [1.807, 2.05) is 0 Å². The molecule has 0 aromatic carbocycles. The summed E-state index contributed by atoms with van der Waals surface area (Å²) >= 11 is 0. The van der Waals surface area contributed by atoms with Crippen LogP contribution >= 0.6 is 0 Å². The second-order valence-electron chi connectivity index (χ2n) is 5.92. The lowest BCUT2D eigenvalue weighted by molar-refractivity contribution is -0.0923. The summed E-state index contributed by atoms with van der Waals surface area (Å²) in [5, 5.41) is 17.5. The van der Waals surface area contributed by atoms with Gasteiger partial charge in [0.15, 0.2) is 0 Å². The average Bonchev–Trinajstić information content (AvgIpc) is 2.32. The van der Waals surface area contributed by atoms with Gasteiger partial charge in [0.1, 0.15) is 6.79 Å². The van der Waals surface area contributed by atoms with Crippen molar-refractivity contribution < 1.29 is 19.7 Å². The van der Waals surface area contributed by atoms with Crippen LogP contribution in [0.2, 0.25) is 0 Å². The van der Waals surface area contributed by atoms with Crippen LogP contribution in [0.1, 0.15) is 53.4 Å². The minimum Gasteiger partial charge on any atom is -0.391 e. The Morgan fingerprint density at radius 1 is 0.842 bits per heavy atom. The first-order valence-corrected chi connectivity index (χ1v) is 7.43. The van der Waals surface area contributed by atoms with Gasteiger partial charge in [0.05, 0.1) is 25.4 Å². The summed E-state index contributed by atoms with van der Waals surface area (Å²) in [5.74, 6) is 2.04. The highest BCUT2D eigenvalue weighted by Crippen LogP contribution is 2.27. The summed E-state index contributed by atoms with van der Waals surface area (Å²) < 4.78 is 9.72. The zero-order valence-corrected chi connectivity index (χ0v) is 13.0. The summed E-state index contributed by atoms with van der Waals surface area (Å²) in [6.07, 6.45) is 4.96. The zero-order chi connectivity index (χ0) is 14.7. The van der Waals surface area contributed by atoms with Crippen molar-refractivity contribution in [1.82, 2.24) is 0 Å². The van der Waals surface area contributed by atoms with Crippen LogP contribution in [0.15, 0.2) is 0 Å². The summed E-state index contributed by atoms with van der Waals surface area (Å²) in [6, 6.07) is 0. The molecule has 4 nitrogen and oxygen atoms in total. The number of aliphatic hydroxyl groups is 2. The van der Waals surface area contributed by atoms with Gasteiger partial charge in [0, 0.05) is 0 Å². The van der Waals surface area contributed by atoms with Crippen LogP contribution in [0.3, 0.4) is 0 Å². The molecule has 0 aliphatic heterocycles. The number of hydrogen-bond acceptors (Lipinski definition) is 4. The third-order valence-corrected chi connectivity index (χ3v) is 3.19. The quantitative estimate of drug-likeness (QED) is 0.578. The molecule has 2 unspecified atom stereocenters. The smallest absolute Gasteiger partial charge is 0.146 e. The van der Waals surface area contributed by atoms with Crippen LogP contribution in [0.5, 0.6) is 0 Å². The first-order chi connectivity index (χ1) is 8.91. The van der Waals surface area contributed by atoms with Crippen molar-refractivity contribution in [2.45, 2.75) is 65.6 Å². The van der Waals surface area contributed by atoms with Gasteiger partial charge in [-0.15, -0.1) is 0 Å². The molecule has 0 amide bonds. The minimum atomic E-state index is -0.467. The van der Waals surface area contributed by atoms with Gasteiger partial charge in [-0.25, -0.2) is 0 Å². The topological polar surface area (TPSA) is 58.9 Å². The van der Waals surface area contributed by atoms with Gasteiger partial charge >= 0.3 is 0 Å². The minimum absolute atomic E-state index is 0.121. The van der Waals surface area contributed by atoms with E-state index in [-0.39, 0.29) is 20.0 Å². The Bertz CT molecular complexity index is 167. The normalized spacial score (nSPS) is 26.2. The van der Waals surface area contributed by atoms with Gasteiger partial charge in [-0.1, -0.05) is 39.5 Å². The highest BCUT2D eigenvalue weighted by Gasteiger charge is 2.13. The van der Waals surface area contributed by atoms with E-state index in [4.69, 9.17) is 19.7 Å². The first kappa shape index (κ1) is 18.8. The van der Waals surface area contributed by atoms with Gasteiger partial charge in [0.25, 0.3) is 0 Å². The largest absolute Gasteiger partial charge is 0.391 e. The summed E-state index contributed by atoms with van der Waals surface area (Å²) in [6.45, 7) is 8.65. The molecule has 0 spiro atoms. The number of rotatable bonds is 6. The second kappa shape index (κ2) is 11.6. The van der Waals surface area contributed by atoms with Crippen LogP contribution in [0.4, 0.5) is 0 Å². The molecule has 1 rings (SSSR count). The molecule has 0 saturated heterocycles. The van der Waals surface area contributed by atoms with Gasteiger partial charge in [-0.3, -0.25) is 0 Å². The lowest BCUT2D eigenvalue weighted by Crippen LogP contribution is -2.16. The van der Waals surface area contributed by atoms with Crippen molar-refractivity contribution in [3.8, 4) is 0 Å². The maximum absolute atomic E-state index is 8.73. The van der Waals surface area contributed by atoms with Crippen molar-refractivity contribution in [1.29, 1.82) is 0 Å². The van der Waals surface area contributed by atoms with Crippen LogP contribution in [0.25, 0.3) is 0 Å². The molecule has 19 heavy (non-hydrogen) atoms. The van der Waals surface area contributed by atoms with Crippen molar-refractivity contribution in [3.05, 3.63) is 0 Å². The van der Waals surface area contributed by atoms with Gasteiger partial charge in [0.2, 0.25) is 0 Å². The van der Waals surface area contributed by atoms with Gasteiger partial charge in [-0.2, -0.15) is 0 Å². The predicted molar refractivity (Wildman–Crippen MR) is 76.9 cm³/mol. The molecule has 1 aliphatic carbocycles. The molecule has 0 bridgehead atoms. The molecular formula is C15H32O4. The highest BCUT2D eigenvalue weighted by molar-refractivity contribution is 4.65. The molecule has 4 heteroatoms. The predicted octanol–water partition coefficient (Wildman–Crippen LogP) is 2.57. The standard InChI is InChI=1S/C8H16.C7H16O4/c1-7-3-5-8(2)6-4-7;1-6(8)3-10-5-11-4-7(2)9/h7-8H,3-6H2,1-2H3;6-9H,3-5H2,1-2H3. The summed E-state index contributed by atoms with van der Waals surface area (Å²) in [7, 11) is 0. The average molecular weight is 276 g/mol. The maximum Gasteiger partial charge on any atom is 0.146 e. The third kappa shape index (κ3) is 14.1. The Hall–Kier alpha value is -0.160. The molecule has 2 atom stereocenters. The lowest BCUT2D eigenvalue weighted by Gasteiger charge is -2.22. The van der Waals surface area contributed by atoms with E-state index in [2.05, 4.69) is 13.8 Å². The first-order valence-electron chi connectivity index (χ1n) is 7.43. The Labute approximate surface area is 118 Å². The Balaban J connectivity index is 0.000000356. The van der Waals surface area contributed by atoms with Crippen molar-refractivity contribution in [2.75, 3.05) is 20.0 Å². The van der Waals surface area contributed by atoms with Crippen LogP contribution in [0, 0.1) is 11.8 Å². The van der Waals surface area contributed by atoms with Crippen molar-refractivity contribution in [2.24, 2.45) is 11.8 Å². The lowest BCUT2D eigenvalue weighted by atomic mass is 9.84. The number of aliphatic hydroxyl groups excluding tert-OH is 2. The highest BCUT2D eigenvalue weighted by atomic mass is 16.7. The molecule has 1 saturated carbocycles. The number of hydrogen-bond donors (Lipinski definition) is 2. The monoisotopic (exact) mass is 276 g/mol. The van der Waals surface area contributed by atoms with E-state index < -0.39 is 12.2 Å². The molecular weight excluding hydrogens is 244 g/mol. The summed E-state index contributed by atoms with van der Waals surface area (Å²) in [4.78, 5) is 0. The fourth-order valence-electron chi connectivity index (χ4n) is 1.92. The van der Waals surface area contributed by atoms with Crippen molar-refractivity contribution >= 4 is 0 Å². The van der Waals surface area contributed by atoms with E-state index in [1.165, 1.54) is 25.7 Å². The summed E-state index contributed by atoms with van der Waals surface area (Å²) in [5.41, 5.74) is 0. The molecule has 116 valence electrons. The molecule has 0 heterocycles. The van der Waals surface area contributed by atoms with Crippen LogP contribution < -0.4 is 0 Å². The Morgan fingerprint density at radius 2 is 1.16 bits per heavy atom. The molecule has 0 aromatic heterocycles. The van der Waals surface area contributed by atoms with Gasteiger partial charge in [-0.05, 0) is 25.7 Å². The van der Waals surface area contributed by atoms with Gasteiger partial charge < -0.3 is 19.7 Å². The third-order valence-electron chi connectivity index (χ3n) is 3.19. The molecule has 0 radical (unpaired) electrons. The van der Waals surface area contributed by atoms with Crippen molar-refractivity contribution in [3.63, 3.8) is 0 Å². The Kier molecular flexibility index (Phi) is 11.6. The Morgan fingerprint density at radius 3 is 1.42 bits per heavy atom. The van der Waals surface area contributed by atoms with Crippen LogP contribution in [-0.2, 0) is 9.47 Å². The maximum atomic E-state index is 8.73. The molecule has 0 aromatic rings. The molecule has 1 fully saturated rings. The zero-order valence-electron chi connectivity index (χ0n) is 13.0. The fraction of sp³-hybridized carbons (Fsp3) is 1.00. The van der Waals surface area contributed by atoms with E-state index in [1.54, 1.807) is 13.8 Å². The SMILES string of the molecule is CC(O)COCOCC(C)O.CC1CCC(C)CC1. The van der Waals surface area contributed by atoms with E-state index in [0.717, 1.165) is 11.8 Å². The van der Waals surface area contributed by atoms with E-state index in [9.17, 15) is 0 Å². The fourth-order valence-corrected chi connectivity index (χ4v) is 1.92. The van der Waals surface area contributed by atoms with Crippen LogP contribution in [-0.4, -0.2) is 42.4 Å². The molecule has 1 aliphatic rings. The molecule has 2 N–H and O–H groups in total. The second-order valence-corrected chi connectivity index (χ2v) is 5.92.